The number of aromatic amines is 1. The van der Waals surface area contributed by atoms with Crippen molar-refractivity contribution in [3.05, 3.63) is 59.3 Å². The summed E-state index contributed by atoms with van der Waals surface area (Å²) in [6, 6.07) is 13.9. The number of amides is 1. The van der Waals surface area contributed by atoms with E-state index in [4.69, 9.17) is 14.5 Å². The number of fused-ring (bicyclic) bond motifs is 1. The van der Waals surface area contributed by atoms with Crippen molar-refractivity contribution in [2.24, 2.45) is 5.92 Å². The van der Waals surface area contributed by atoms with E-state index in [0.29, 0.717) is 18.0 Å². The molecule has 178 valence electrons. The van der Waals surface area contributed by atoms with Crippen LogP contribution in [-0.2, 0) is 17.8 Å². The highest BCUT2D eigenvalue weighted by molar-refractivity contribution is 5.96. The minimum atomic E-state index is -0.140. The lowest BCUT2D eigenvalue weighted by atomic mass is 10.1. The Balaban J connectivity index is 1.76. The monoisotopic (exact) mass is 460 g/mol. The Morgan fingerprint density at radius 2 is 1.82 bits per heavy atom. The zero-order valence-corrected chi connectivity index (χ0v) is 20.7. The average molecular weight is 461 g/mol. The van der Waals surface area contributed by atoms with Gasteiger partial charge in [0, 0.05) is 18.2 Å². The minimum absolute atomic E-state index is 0.0257. The summed E-state index contributed by atoms with van der Waals surface area (Å²) in [6.45, 7) is 8.65. The fraction of sp³-hybridized carbons (Fsp3) is 0.333. The summed E-state index contributed by atoms with van der Waals surface area (Å²) in [7, 11) is 3.27. The van der Waals surface area contributed by atoms with Crippen LogP contribution in [0.5, 0.6) is 11.5 Å². The van der Waals surface area contributed by atoms with Crippen LogP contribution in [0.25, 0.3) is 22.4 Å². The van der Waals surface area contributed by atoms with E-state index in [1.807, 2.05) is 56.3 Å². The number of anilines is 1. The first-order valence-electron chi connectivity index (χ1n) is 11.5. The van der Waals surface area contributed by atoms with Gasteiger partial charge in [0.2, 0.25) is 5.91 Å². The van der Waals surface area contributed by atoms with Gasteiger partial charge >= 0.3 is 0 Å². The number of H-pyrrole nitrogens is 1. The molecule has 4 aromatic rings. The van der Waals surface area contributed by atoms with Gasteiger partial charge in [0.1, 0.15) is 11.6 Å². The van der Waals surface area contributed by atoms with Crippen LogP contribution in [0, 0.1) is 19.8 Å². The number of aromatic nitrogens is 3. The summed E-state index contributed by atoms with van der Waals surface area (Å²) in [4.78, 5) is 21.0. The molecule has 0 saturated carbocycles. The van der Waals surface area contributed by atoms with Crippen molar-refractivity contribution in [1.29, 1.82) is 0 Å². The lowest BCUT2D eigenvalue weighted by Gasteiger charge is -2.16. The van der Waals surface area contributed by atoms with Crippen LogP contribution in [0.15, 0.2) is 42.5 Å². The molecule has 2 aromatic carbocycles. The van der Waals surface area contributed by atoms with Gasteiger partial charge in [-0.15, -0.1) is 0 Å². The summed E-state index contributed by atoms with van der Waals surface area (Å²) >= 11 is 0. The Morgan fingerprint density at radius 1 is 1.09 bits per heavy atom. The number of methoxy groups -OCH3 is 2. The molecule has 0 atom stereocenters. The van der Waals surface area contributed by atoms with E-state index in [2.05, 4.69) is 28.7 Å². The number of carbonyl (C=O) groups excluding carboxylic acids is 1. The lowest BCUT2D eigenvalue weighted by Crippen LogP contribution is -2.21. The van der Waals surface area contributed by atoms with Gasteiger partial charge in [0.15, 0.2) is 11.5 Å². The summed E-state index contributed by atoms with van der Waals surface area (Å²) in [5.74, 6) is 2.77. The van der Waals surface area contributed by atoms with Crippen LogP contribution in [-0.4, -0.2) is 34.7 Å². The highest BCUT2D eigenvalue weighted by atomic mass is 16.5. The van der Waals surface area contributed by atoms with Gasteiger partial charge in [0.05, 0.1) is 30.8 Å². The summed E-state index contributed by atoms with van der Waals surface area (Å²) in [5, 5.41) is 3.18. The van der Waals surface area contributed by atoms with Crippen molar-refractivity contribution < 1.29 is 14.3 Å². The first-order valence-corrected chi connectivity index (χ1v) is 11.5. The average Bonchev–Trinajstić information content (AvgIpc) is 3.36. The molecule has 0 aliphatic carbocycles. The first-order chi connectivity index (χ1) is 16.3. The van der Waals surface area contributed by atoms with Crippen molar-refractivity contribution in [3.8, 4) is 22.9 Å². The maximum absolute atomic E-state index is 12.8. The number of nitrogens with one attached hydrogen (secondary N) is 2. The van der Waals surface area contributed by atoms with Gasteiger partial charge in [-0.1, -0.05) is 32.0 Å². The third-order valence-corrected chi connectivity index (χ3v) is 6.29. The van der Waals surface area contributed by atoms with Crippen LogP contribution in [0.3, 0.4) is 0 Å². The molecular weight excluding hydrogens is 428 g/mol. The fourth-order valence-electron chi connectivity index (χ4n) is 4.17. The van der Waals surface area contributed by atoms with E-state index >= 15 is 0 Å². The van der Waals surface area contributed by atoms with E-state index in [1.54, 1.807) is 14.2 Å². The first kappa shape index (κ1) is 23.4. The number of carbonyl (C=O) groups is 1. The van der Waals surface area contributed by atoms with Crippen LogP contribution in [0.4, 0.5) is 5.82 Å². The fourth-order valence-corrected chi connectivity index (χ4v) is 4.17. The number of nitrogens with zero attached hydrogens (tertiary/aromatic N) is 2. The molecule has 2 aromatic heterocycles. The Bertz CT molecular complexity index is 1300. The molecule has 4 rings (SSSR count). The second kappa shape index (κ2) is 9.63. The molecule has 0 unspecified atom stereocenters. The van der Waals surface area contributed by atoms with Crippen molar-refractivity contribution in [2.75, 3.05) is 19.5 Å². The van der Waals surface area contributed by atoms with E-state index < -0.39 is 0 Å². The number of hydrogen-bond acceptors (Lipinski definition) is 4. The Morgan fingerprint density at radius 3 is 2.50 bits per heavy atom. The normalized spacial score (nSPS) is 11.3. The molecular formula is C27H32N4O3. The zero-order chi connectivity index (χ0) is 24.4. The van der Waals surface area contributed by atoms with Crippen molar-refractivity contribution in [3.63, 3.8) is 0 Å². The minimum Gasteiger partial charge on any atom is -0.493 e. The van der Waals surface area contributed by atoms with Crippen molar-refractivity contribution in [2.45, 2.75) is 40.7 Å². The molecule has 0 radical (unpaired) electrons. The van der Waals surface area contributed by atoms with Crippen LogP contribution < -0.4 is 14.8 Å². The quantitative estimate of drug-likeness (QED) is 0.364. The molecule has 0 spiro atoms. The largest absolute Gasteiger partial charge is 0.493 e. The van der Waals surface area contributed by atoms with E-state index in [-0.39, 0.29) is 11.8 Å². The van der Waals surface area contributed by atoms with E-state index in [0.717, 1.165) is 51.5 Å². The zero-order valence-electron chi connectivity index (χ0n) is 20.7. The number of imidazole rings is 1. The molecule has 7 heteroatoms. The van der Waals surface area contributed by atoms with Crippen LogP contribution in [0.1, 0.15) is 30.7 Å². The molecule has 0 fully saturated rings. The SMILES string of the molecule is COc1ccc(CCn2c(C)c(C)c(-c3nc4ccccc4[nH]3)c2NC(=O)C(C)C)cc1OC. The second-order valence-electron chi connectivity index (χ2n) is 8.77. The molecule has 34 heavy (non-hydrogen) atoms. The molecule has 2 heterocycles. The summed E-state index contributed by atoms with van der Waals surface area (Å²) < 4.78 is 13.0. The van der Waals surface area contributed by atoms with Crippen molar-refractivity contribution in [1.82, 2.24) is 14.5 Å². The smallest absolute Gasteiger partial charge is 0.228 e. The number of hydrogen-bond donors (Lipinski definition) is 2. The molecule has 0 aliphatic rings. The van der Waals surface area contributed by atoms with Crippen molar-refractivity contribution >= 4 is 22.8 Å². The van der Waals surface area contributed by atoms with E-state index in [9.17, 15) is 4.79 Å². The highest BCUT2D eigenvalue weighted by Crippen LogP contribution is 2.36. The predicted molar refractivity (Wildman–Crippen MR) is 136 cm³/mol. The molecule has 1 amide bonds. The molecule has 2 N–H and O–H groups in total. The third-order valence-electron chi connectivity index (χ3n) is 6.29. The second-order valence-corrected chi connectivity index (χ2v) is 8.77. The van der Waals surface area contributed by atoms with Gasteiger partial charge in [-0.25, -0.2) is 4.98 Å². The van der Waals surface area contributed by atoms with E-state index in [1.165, 1.54) is 0 Å². The van der Waals surface area contributed by atoms with Gasteiger partial charge < -0.3 is 24.3 Å². The Labute approximate surface area is 200 Å². The maximum Gasteiger partial charge on any atom is 0.228 e. The molecule has 0 bridgehead atoms. The topological polar surface area (TPSA) is 81.2 Å². The predicted octanol–water partition coefficient (Wildman–Crippen LogP) is 5.50. The van der Waals surface area contributed by atoms with Gasteiger partial charge in [-0.3, -0.25) is 4.79 Å². The Kier molecular flexibility index (Phi) is 6.63. The number of benzene rings is 2. The molecule has 0 aliphatic heterocycles. The van der Waals surface area contributed by atoms with Gasteiger partial charge in [-0.2, -0.15) is 0 Å². The number of ether oxygens (including phenoxy) is 2. The third kappa shape index (κ3) is 4.38. The molecule has 7 nitrogen and oxygen atoms in total. The molecule has 0 saturated heterocycles. The van der Waals surface area contributed by atoms with Crippen LogP contribution >= 0.6 is 0 Å². The Hall–Kier alpha value is -3.74. The number of aryl methyl sites for hydroxylation is 1. The highest BCUT2D eigenvalue weighted by Gasteiger charge is 2.24. The van der Waals surface area contributed by atoms with Gasteiger partial charge in [0.25, 0.3) is 0 Å². The van der Waals surface area contributed by atoms with Crippen LogP contribution in [0.2, 0.25) is 0 Å². The number of rotatable bonds is 8. The summed E-state index contributed by atoms with van der Waals surface area (Å²) in [6.07, 6.45) is 0.763. The standard InChI is InChI=1S/C27H32N4O3/c1-16(2)27(32)30-26-24(25-28-20-9-7-8-10-21(20)29-25)17(3)18(4)31(26)14-13-19-11-12-22(33-5)23(15-19)34-6/h7-12,15-16H,13-14H2,1-6H3,(H,28,29)(H,30,32). The van der Waals surface area contributed by atoms with Gasteiger partial charge in [-0.05, 0) is 55.7 Å². The summed E-state index contributed by atoms with van der Waals surface area (Å²) in [5.41, 5.74) is 6.09. The number of para-hydroxylation sites is 2. The maximum atomic E-state index is 12.8. The lowest BCUT2D eigenvalue weighted by molar-refractivity contribution is -0.118.